The van der Waals surface area contributed by atoms with Gasteiger partial charge in [0.25, 0.3) is 0 Å². The predicted molar refractivity (Wildman–Crippen MR) is 70.2 cm³/mol. The Hall–Kier alpha value is -2.49. The highest BCUT2D eigenvalue weighted by molar-refractivity contribution is 5.89. The van der Waals surface area contributed by atoms with Crippen LogP contribution in [0.15, 0.2) is 48.5 Å². The van der Waals surface area contributed by atoms with Crippen molar-refractivity contribution >= 4 is 5.97 Å². The molecule has 0 heterocycles. The number of methoxy groups -OCH3 is 1. The zero-order valence-electron chi connectivity index (χ0n) is 10.5. The molecule has 0 saturated heterocycles. The summed E-state index contributed by atoms with van der Waals surface area (Å²) < 4.78 is 10.3. The lowest BCUT2D eigenvalue weighted by Gasteiger charge is -2.06. The van der Waals surface area contributed by atoms with Crippen molar-refractivity contribution in [1.82, 2.24) is 0 Å². The summed E-state index contributed by atoms with van der Waals surface area (Å²) in [6, 6.07) is 13.3. The molecular formula is C15H14O4. The van der Waals surface area contributed by atoms with Crippen LogP contribution in [0.25, 0.3) is 0 Å². The van der Waals surface area contributed by atoms with Gasteiger partial charge in [-0.2, -0.15) is 0 Å². The SMILES string of the molecule is COc1cccc(COC(=O)c2cccc(O)c2)c1. The number of aromatic hydroxyl groups is 1. The second-order valence-corrected chi connectivity index (χ2v) is 3.98. The molecule has 0 aliphatic heterocycles. The number of carbonyl (C=O) groups excluding carboxylic acids is 1. The maximum absolute atomic E-state index is 11.8. The molecule has 2 aromatic rings. The first-order valence-electron chi connectivity index (χ1n) is 5.78. The molecule has 0 unspecified atom stereocenters. The van der Waals surface area contributed by atoms with Crippen molar-refractivity contribution in [2.45, 2.75) is 6.61 Å². The second-order valence-electron chi connectivity index (χ2n) is 3.98. The summed E-state index contributed by atoms with van der Waals surface area (Å²) in [6.45, 7) is 0.158. The van der Waals surface area contributed by atoms with E-state index in [0.717, 1.165) is 5.56 Å². The van der Waals surface area contributed by atoms with E-state index in [1.54, 1.807) is 25.3 Å². The van der Waals surface area contributed by atoms with Crippen LogP contribution in [0.3, 0.4) is 0 Å². The van der Waals surface area contributed by atoms with Gasteiger partial charge in [0.2, 0.25) is 0 Å². The molecule has 98 valence electrons. The summed E-state index contributed by atoms with van der Waals surface area (Å²) >= 11 is 0. The third kappa shape index (κ3) is 3.48. The van der Waals surface area contributed by atoms with Crippen LogP contribution in [0.5, 0.6) is 11.5 Å². The Balaban J connectivity index is 2.00. The molecule has 0 aromatic heterocycles. The van der Waals surface area contributed by atoms with Crippen molar-refractivity contribution in [1.29, 1.82) is 0 Å². The standard InChI is InChI=1S/C15H14O4/c1-18-14-7-2-4-11(8-14)10-19-15(17)12-5-3-6-13(16)9-12/h2-9,16H,10H2,1H3. The van der Waals surface area contributed by atoms with Gasteiger partial charge in [-0.25, -0.2) is 4.79 Å². The fourth-order valence-corrected chi connectivity index (χ4v) is 1.63. The maximum atomic E-state index is 11.8. The van der Waals surface area contributed by atoms with E-state index in [-0.39, 0.29) is 12.4 Å². The predicted octanol–water partition coefficient (Wildman–Crippen LogP) is 2.76. The molecule has 0 spiro atoms. The van der Waals surface area contributed by atoms with Crippen LogP contribution in [-0.4, -0.2) is 18.2 Å². The van der Waals surface area contributed by atoms with Gasteiger partial charge in [0.1, 0.15) is 18.1 Å². The molecule has 0 radical (unpaired) electrons. The molecule has 0 aliphatic rings. The number of esters is 1. The Bertz CT molecular complexity index is 578. The van der Waals surface area contributed by atoms with E-state index < -0.39 is 5.97 Å². The van der Waals surface area contributed by atoms with Gasteiger partial charge in [0, 0.05) is 0 Å². The lowest BCUT2D eigenvalue weighted by molar-refractivity contribution is 0.0472. The number of phenols is 1. The number of hydrogen-bond donors (Lipinski definition) is 1. The van der Waals surface area contributed by atoms with E-state index in [1.807, 2.05) is 18.2 Å². The minimum Gasteiger partial charge on any atom is -0.508 e. The molecular weight excluding hydrogens is 244 g/mol. The van der Waals surface area contributed by atoms with Crippen LogP contribution < -0.4 is 4.74 Å². The van der Waals surface area contributed by atoms with Crippen LogP contribution in [0.4, 0.5) is 0 Å². The maximum Gasteiger partial charge on any atom is 0.338 e. The molecule has 2 aromatic carbocycles. The molecule has 0 atom stereocenters. The average Bonchev–Trinajstić information content (AvgIpc) is 2.45. The fraction of sp³-hybridized carbons (Fsp3) is 0.133. The molecule has 4 nitrogen and oxygen atoms in total. The van der Waals surface area contributed by atoms with Crippen LogP contribution in [0, 0.1) is 0 Å². The number of rotatable bonds is 4. The van der Waals surface area contributed by atoms with Crippen LogP contribution in [0.1, 0.15) is 15.9 Å². The lowest BCUT2D eigenvalue weighted by atomic mass is 10.2. The third-order valence-corrected chi connectivity index (χ3v) is 2.59. The van der Waals surface area contributed by atoms with E-state index in [0.29, 0.717) is 11.3 Å². The van der Waals surface area contributed by atoms with Gasteiger partial charge >= 0.3 is 5.97 Å². The molecule has 0 saturated carbocycles. The summed E-state index contributed by atoms with van der Waals surface area (Å²) in [5.74, 6) is 0.278. The summed E-state index contributed by atoms with van der Waals surface area (Å²) in [5, 5.41) is 9.29. The van der Waals surface area contributed by atoms with Gasteiger partial charge in [-0.05, 0) is 35.9 Å². The van der Waals surface area contributed by atoms with Crippen LogP contribution in [-0.2, 0) is 11.3 Å². The van der Waals surface area contributed by atoms with Gasteiger partial charge in [-0.3, -0.25) is 0 Å². The Morgan fingerprint density at radius 1 is 1.16 bits per heavy atom. The topological polar surface area (TPSA) is 55.8 Å². The molecule has 0 amide bonds. The van der Waals surface area contributed by atoms with E-state index in [4.69, 9.17) is 9.47 Å². The summed E-state index contributed by atoms with van der Waals surface area (Å²) in [7, 11) is 1.58. The van der Waals surface area contributed by atoms with Crippen molar-refractivity contribution in [3.8, 4) is 11.5 Å². The van der Waals surface area contributed by atoms with E-state index >= 15 is 0 Å². The lowest BCUT2D eigenvalue weighted by Crippen LogP contribution is -2.05. The zero-order valence-corrected chi connectivity index (χ0v) is 10.5. The highest BCUT2D eigenvalue weighted by atomic mass is 16.5. The van der Waals surface area contributed by atoms with Crippen molar-refractivity contribution in [2.24, 2.45) is 0 Å². The van der Waals surface area contributed by atoms with E-state index in [1.165, 1.54) is 12.1 Å². The number of phenolic OH excluding ortho intramolecular Hbond substituents is 1. The van der Waals surface area contributed by atoms with Crippen LogP contribution >= 0.6 is 0 Å². The Morgan fingerprint density at radius 2 is 1.95 bits per heavy atom. The van der Waals surface area contributed by atoms with Crippen molar-refractivity contribution < 1.29 is 19.4 Å². The number of hydrogen-bond acceptors (Lipinski definition) is 4. The normalized spacial score (nSPS) is 9.95. The highest BCUT2D eigenvalue weighted by Gasteiger charge is 2.08. The molecule has 1 N–H and O–H groups in total. The van der Waals surface area contributed by atoms with Gasteiger partial charge < -0.3 is 14.6 Å². The summed E-state index contributed by atoms with van der Waals surface area (Å²) in [6.07, 6.45) is 0. The largest absolute Gasteiger partial charge is 0.508 e. The van der Waals surface area contributed by atoms with Gasteiger partial charge in [-0.15, -0.1) is 0 Å². The van der Waals surface area contributed by atoms with E-state index in [2.05, 4.69) is 0 Å². The number of carbonyl (C=O) groups is 1. The molecule has 0 bridgehead atoms. The zero-order chi connectivity index (χ0) is 13.7. The minimum absolute atomic E-state index is 0.0378. The molecule has 2 rings (SSSR count). The fourth-order valence-electron chi connectivity index (χ4n) is 1.63. The quantitative estimate of drug-likeness (QED) is 0.857. The first kappa shape index (κ1) is 13.0. The van der Waals surface area contributed by atoms with E-state index in [9.17, 15) is 9.90 Å². The van der Waals surface area contributed by atoms with Gasteiger partial charge in [0.05, 0.1) is 12.7 Å². The molecule has 0 aliphatic carbocycles. The van der Waals surface area contributed by atoms with Crippen LogP contribution in [0.2, 0.25) is 0 Å². The van der Waals surface area contributed by atoms with Crippen molar-refractivity contribution in [3.05, 3.63) is 59.7 Å². The Morgan fingerprint density at radius 3 is 2.68 bits per heavy atom. The van der Waals surface area contributed by atoms with Crippen molar-refractivity contribution in [3.63, 3.8) is 0 Å². The smallest absolute Gasteiger partial charge is 0.338 e. The first-order chi connectivity index (χ1) is 9.19. The monoisotopic (exact) mass is 258 g/mol. The number of ether oxygens (including phenoxy) is 2. The Kier molecular flexibility index (Phi) is 4.03. The molecule has 19 heavy (non-hydrogen) atoms. The Labute approximate surface area is 111 Å². The first-order valence-corrected chi connectivity index (χ1v) is 5.78. The number of benzene rings is 2. The minimum atomic E-state index is -0.473. The van der Waals surface area contributed by atoms with Gasteiger partial charge in [-0.1, -0.05) is 18.2 Å². The summed E-state index contributed by atoms with van der Waals surface area (Å²) in [5.41, 5.74) is 1.16. The molecule has 4 heteroatoms. The second kappa shape index (κ2) is 5.91. The average molecular weight is 258 g/mol. The highest BCUT2D eigenvalue weighted by Crippen LogP contribution is 2.15. The molecule has 0 fully saturated rings. The summed E-state index contributed by atoms with van der Waals surface area (Å²) in [4.78, 5) is 11.8. The third-order valence-electron chi connectivity index (χ3n) is 2.59. The van der Waals surface area contributed by atoms with Crippen molar-refractivity contribution in [2.75, 3.05) is 7.11 Å². The van der Waals surface area contributed by atoms with Gasteiger partial charge in [0.15, 0.2) is 0 Å².